The van der Waals surface area contributed by atoms with Crippen molar-refractivity contribution in [1.82, 2.24) is 25.8 Å². The second-order valence-electron chi connectivity index (χ2n) is 12.2. The Morgan fingerprint density at radius 2 is 1.68 bits per heavy atom. The van der Waals surface area contributed by atoms with Gasteiger partial charge in [0.15, 0.2) is 0 Å². The number of nitrogens with two attached hydrogens (primary N) is 1. The number of primary amides is 1. The molecule has 0 unspecified atom stereocenters. The van der Waals surface area contributed by atoms with Crippen molar-refractivity contribution < 1.29 is 28.8 Å². The molecule has 0 aromatic rings. The normalized spacial score (nSPS) is 25.3. The Bertz CT molecular complexity index is 1000. The number of ketones is 1. The highest BCUT2D eigenvalue weighted by atomic mass is 16.2. The first kappa shape index (κ1) is 28.4. The number of carbonyl (C=O) groups is 6. The Balaban J connectivity index is 1.72. The summed E-state index contributed by atoms with van der Waals surface area (Å²) in [5, 5.41) is 7.79. The highest BCUT2D eigenvalue weighted by molar-refractivity contribution is 6.36. The smallest absolute Gasteiger partial charge is 0.316 e. The van der Waals surface area contributed by atoms with E-state index in [1.807, 2.05) is 13.8 Å². The van der Waals surface area contributed by atoms with Crippen molar-refractivity contribution in [2.75, 3.05) is 20.1 Å². The van der Waals surface area contributed by atoms with Crippen LogP contribution in [0.25, 0.3) is 0 Å². The van der Waals surface area contributed by atoms with Gasteiger partial charge in [-0.3, -0.25) is 24.0 Å². The summed E-state index contributed by atoms with van der Waals surface area (Å²) in [6.07, 6.45) is 1.89. The molecule has 1 heterocycles. The highest BCUT2D eigenvalue weighted by Gasteiger charge is 2.69. The van der Waals surface area contributed by atoms with Gasteiger partial charge in [0.05, 0.1) is 6.54 Å². The van der Waals surface area contributed by atoms with E-state index in [0.29, 0.717) is 6.54 Å². The van der Waals surface area contributed by atoms with E-state index < -0.39 is 59.6 Å². The standard InChI is InChI=1S/C25H40N6O6/c1-12(21(35)30(7)13-8-9-13)28-23(37)29-18(24(2,3)4)22(36)31-11-14-16(25(14,5)6)17(31)20(34)27-10-15(32)19(26)33/h12-14,16-18H,8-11H2,1-7H3,(H2,26,33)(H,27,34)(H2,28,29,37)/t12-,14-,16-,17-,18+/m0/s1. The predicted molar refractivity (Wildman–Crippen MR) is 134 cm³/mol. The number of amides is 6. The first-order chi connectivity index (χ1) is 17.0. The lowest BCUT2D eigenvalue weighted by molar-refractivity contribution is -0.144. The summed E-state index contributed by atoms with van der Waals surface area (Å²) < 4.78 is 0. The van der Waals surface area contributed by atoms with Crippen LogP contribution in [0.2, 0.25) is 0 Å². The molecule has 12 nitrogen and oxygen atoms in total. The van der Waals surface area contributed by atoms with E-state index in [1.54, 1.807) is 39.6 Å². The fraction of sp³-hybridized carbons (Fsp3) is 0.760. The lowest BCUT2D eigenvalue weighted by atomic mass is 9.85. The molecule has 37 heavy (non-hydrogen) atoms. The Morgan fingerprint density at radius 1 is 1.08 bits per heavy atom. The number of carbonyl (C=O) groups excluding carboxylic acids is 6. The van der Waals surface area contributed by atoms with E-state index in [-0.39, 0.29) is 29.2 Å². The molecule has 6 amide bonds. The number of fused-ring (bicyclic) bond motifs is 1. The molecule has 3 aliphatic rings. The van der Waals surface area contributed by atoms with E-state index in [4.69, 9.17) is 5.73 Å². The fourth-order valence-electron chi connectivity index (χ4n) is 5.37. The molecule has 0 aromatic heterocycles. The van der Waals surface area contributed by atoms with Gasteiger partial charge in [0.25, 0.3) is 5.91 Å². The van der Waals surface area contributed by atoms with E-state index in [9.17, 15) is 28.8 Å². The Morgan fingerprint density at radius 3 is 2.19 bits per heavy atom. The number of Topliss-reactive ketones (excluding diaryl/α,β-unsaturated/α-hetero) is 1. The summed E-state index contributed by atoms with van der Waals surface area (Å²) in [6.45, 7) is 10.8. The number of hydrogen-bond acceptors (Lipinski definition) is 6. The van der Waals surface area contributed by atoms with Crippen molar-refractivity contribution in [1.29, 1.82) is 0 Å². The van der Waals surface area contributed by atoms with Crippen molar-refractivity contribution in [3.05, 3.63) is 0 Å². The number of rotatable bonds is 9. The Kier molecular flexibility index (Phi) is 7.63. The number of likely N-dealkylation sites (N-methyl/N-ethyl adjacent to an activating group) is 1. The molecule has 3 fully saturated rings. The zero-order valence-electron chi connectivity index (χ0n) is 22.7. The molecule has 2 aliphatic carbocycles. The first-order valence-electron chi connectivity index (χ1n) is 12.7. The maximum Gasteiger partial charge on any atom is 0.316 e. The van der Waals surface area contributed by atoms with Crippen LogP contribution in [0.1, 0.15) is 54.4 Å². The molecule has 0 spiro atoms. The van der Waals surface area contributed by atoms with Crippen LogP contribution in [0.4, 0.5) is 4.79 Å². The lowest BCUT2D eigenvalue weighted by Crippen LogP contribution is -2.61. The first-order valence-corrected chi connectivity index (χ1v) is 12.7. The summed E-state index contributed by atoms with van der Waals surface area (Å²) in [7, 11) is 1.71. The molecule has 3 rings (SSSR count). The van der Waals surface area contributed by atoms with E-state index in [0.717, 1.165) is 12.8 Å². The van der Waals surface area contributed by atoms with Crippen molar-refractivity contribution in [3.63, 3.8) is 0 Å². The summed E-state index contributed by atoms with van der Waals surface area (Å²) in [5.74, 6) is -3.29. The lowest BCUT2D eigenvalue weighted by Gasteiger charge is -2.37. The topological polar surface area (TPSA) is 171 Å². The van der Waals surface area contributed by atoms with Crippen LogP contribution < -0.4 is 21.7 Å². The average Bonchev–Trinajstić information content (AvgIpc) is 3.67. The van der Waals surface area contributed by atoms with Gasteiger partial charge in [0.1, 0.15) is 18.1 Å². The summed E-state index contributed by atoms with van der Waals surface area (Å²) >= 11 is 0. The minimum absolute atomic E-state index is 0.0871. The Hall–Kier alpha value is -3.18. The van der Waals surface area contributed by atoms with Gasteiger partial charge in [-0.05, 0) is 42.4 Å². The molecule has 206 valence electrons. The molecule has 5 N–H and O–H groups in total. The van der Waals surface area contributed by atoms with Crippen LogP contribution in [0, 0.1) is 22.7 Å². The quantitative estimate of drug-likeness (QED) is 0.295. The largest absolute Gasteiger partial charge is 0.363 e. The molecular formula is C25H40N6O6. The number of nitrogens with zero attached hydrogens (tertiary/aromatic N) is 2. The average molecular weight is 521 g/mol. The number of piperidine rings is 1. The summed E-state index contributed by atoms with van der Waals surface area (Å²) in [6, 6.07) is -3.07. The van der Waals surface area contributed by atoms with Gasteiger partial charge >= 0.3 is 6.03 Å². The third-order valence-corrected chi connectivity index (χ3v) is 8.01. The minimum Gasteiger partial charge on any atom is -0.363 e. The van der Waals surface area contributed by atoms with Gasteiger partial charge in [-0.1, -0.05) is 34.6 Å². The fourth-order valence-corrected chi connectivity index (χ4v) is 5.37. The van der Waals surface area contributed by atoms with Gasteiger partial charge in [-0.15, -0.1) is 0 Å². The van der Waals surface area contributed by atoms with Gasteiger partial charge < -0.3 is 31.5 Å². The second kappa shape index (κ2) is 9.94. The highest BCUT2D eigenvalue weighted by Crippen LogP contribution is 2.65. The number of urea groups is 1. The molecule has 1 saturated heterocycles. The third-order valence-electron chi connectivity index (χ3n) is 8.01. The van der Waals surface area contributed by atoms with Crippen molar-refractivity contribution >= 4 is 35.4 Å². The zero-order valence-corrected chi connectivity index (χ0v) is 22.7. The molecule has 0 radical (unpaired) electrons. The molecule has 5 atom stereocenters. The van der Waals surface area contributed by atoms with Crippen LogP contribution >= 0.6 is 0 Å². The van der Waals surface area contributed by atoms with E-state index >= 15 is 0 Å². The number of hydrogen-bond donors (Lipinski definition) is 4. The maximum absolute atomic E-state index is 13.8. The van der Waals surface area contributed by atoms with Gasteiger partial charge in [-0.2, -0.15) is 0 Å². The molecular weight excluding hydrogens is 480 g/mol. The van der Waals surface area contributed by atoms with Crippen LogP contribution in [-0.4, -0.2) is 89.5 Å². The third kappa shape index (κ3) is 5.88. The van der Waals surface area contributed by atoms with Crippen LogP contribution in [0.15, 0.2) is 0 Å². The Labute approximate surface area is 217 Å². The van der Waals surface area contributed by atoms with E-state index in [2.05, 4.69) is 16.0 Å². The maximum atomic E-state index is 13.8. The van der Waals surface area contributed by atoms with Crippen molar-refractivity contribution in [2.24, 2.45) is 28.4 Å². The second-order valence-corrected chi connectivity index (χ2v) is 12.2. The monoisotopic (exact) mass is 520 g/mol. The predicted octanol–water partition coefficient (Wildman–Crippen LogP) is -0.637. The summed E-state index contributed by atoms with van der Waals surface area (Å²) in [5.41, 5.74) is 4.10. The van der Waals surface area contributed by atoms with Crippen molar-refractivity contribution in [3.8, 4) is 0 Å². The van der Waals surface area contributed by atoms with Crippen molar-refractivity contribution in [2.45, 2.75) is 78.6 Å². The van der Waals surface area contributed by atoms with Gasteiger partial charge in [0.2, 0.25) is 23.5 Å². The number of likely N-dealkylation sites (tertiary alicyclic amines) is 1. The van der Waals surface area contributed by atoms with Crippen LogP contribution in [0.5, 0.6) is 0 Å². The zero-order chi connectivity index (χ0) is 28.0. The SMILES string of the molecule is C[C@H](NC(=O)N[C@H](C(=O)N1C[C@H]2[C@@H]([C@H]1C(=O)NCC(=O)C(N)=O)C2(C)C)C(C)(C)C)C(=O)N(C)C1CC1. The van der Waals surface area contributed by atoms with Gasteiger partial charge in [-0.25, -0.2) is 4.79 Å². The summed E-state index contributed by atoms with van der Waals surface area (Å²) in [4.78, 5) is 78.1. The molecule has 0 bridgehead atoms. The van der Waals surface area contributed by atoms with Gasteiger partial charge in [0, 0.05) is 19.6 Å². The van der Waals surface area contributed by atoms with E-state index in [1.165, 1.54) is 4.90 Å². The van der Waals surface area contributed by atoms with Crippen LogP contribution in [-0.2, 0) is 24.0 Å². The molecule has 12 heteroatoms. The number of nitrogens with one attached hydrogen (secondary N) is 3. The molecule has 2 saturated carbocycles. The molecule has 0 aromatic carbocycles. The molecule has 1 aliphatic heterocycles. The minimum atomic E-state index is -1.15. The van der Waals surface area contributed by atoms with Crippen LogP contribution in [0.3, 0.4) is 0 Å².